The van der Waals surface area contributed by atoms with E-state index in [4.69, 9.17) is 0 Å². The van der Waals surface area contributed by atoms with Crippen LogP contribution in [-0.4, -0.2) is 0 Å². The van der Waals surface area contributed by atoms with Crippen molar-refractivity contribution in [3.63, 3.8) is 0 Å². The Balaban J connectivity index is 3.71. The molecule has 0 N–H and O–H groups in total. The van der Waals surface area contributed by atoms with Gasteiger partial charge in [-0.2, -0.15) is 0 Å². The molecule has 0 fully saturated rings. The lowest BCUT2D eigenvalue weighted by Gasteiger charge is -2.15. The van der Waals surface area contributed by atoms with E-state index >= 15 is 0 Å². The topological polar surface area (TPSA) is 0 Å². The number of hydrogen-bond acceptors (Lipinski definition) is 0. The summed E-state index contributed by atoms with van der Waals surface area (Å²) in [7, 11) is 0. The monoisotopic (exact) mass is 166 g/mol. The largest absolute Gasteiger partial charge is 0.133 e. The first-order valence-corrected chi connectivity index (χ1v) is 5.08. The van der Waals surface area contributed by atoms with Crippen LogP contribution in [0.4, 0.5) is 0 Å². The van der Waals surface area contributed by atoms with Crippen molar-refractivity contribution in [3.8, 4) is 0 Å². The highest BCUT2D eigenvalue weighted by Gasteiger charge is 2.08. The maximum atomic E-state index is 3.63. The van der Waals surface area contributed by atoms with E-state index in [1.807, 2.05) is 0 Å². The summed E-state index contributed by atoms with van der Waals surface area (Å²) in [4.78, 5) is 0. The van der Waals surface area contributed by atoms with Crippen molar-refractivity contribution in [1.82, 2.24) is 0 Å². The van der Waals surface area contributed by atoms with Crippen LogP contribution < -0.4 is 0 Å². The summed E-state index contributed by atoms with van der Waals surface area (Å²) < 4.78 is 0. The first-order chi connectivity index (χ1) is 5.72. The van der Waals surface area contributed by atoms with E-state index in [9.17, 15) is 0 Å². The second kappa shape index (κ2) is 7.18. The van der Waals surface area contributed by atoms with Gasteiger partial charge in [-0.3, -0.25) is 0 Å². The summed E-state index contributed by atoms with van der Waals surface area (Å²) in [6.45, 7) is 10.4. The molecule has 0 radical (unpaired) electrons. The second-order valence-electron chi connectivity index (χ2n) is 3.77. The molecule has 0 saturated carbocycles. The van der Waals surface area contributed by atoms with Crippen LogP contribution in [0.3, 0.4) is 0 Å². The van der Waals surface area contributed by atoms with Gasteiger partial charge in [0, 0.05) is 0 Å². The molecule has 12 heavy (non-hydrogen) atoms. The van der Waals surface area contributed by atoms with Crippen LogP contribution in [-0.2, 0) is 0 Å². The average molecular weight is 166 g/mol. The third-order valence-corrected chi connectivity index (χ3v) is 2.33. The molecule has 0 aromatic heterocycles. The molecular formula is C12H22. The van der Waals surface area contributed by atoms with E-state index in [0.29, 0.717) is 5.92 Å². The molecule has 1 unspecified atom stereocenters. The summed E-state index contributed by atoms with van der Waals surface area (Å²) in [6, 6.07) is 0. The lowest BCUT2D eigenvalue weighted by molar-refractivity contribution is 0.418. The first kappa shape index (κ1) is 11.5. The van der Waals surface area contributed by atoms with Gasteiger partial charge in [-0.05, 0) is 24.3 Å². The number of hydrogen-bond donors (Lipinski definition) is 0. The van der Waals surface area contributed by atoms with Crippen LogP contribution in [0, 0.1) is 11.8 Å². The minimum atomic E-state index is 0.689. The minimum Gasteiger partial charge on any atom is -0.133 e. The minimum absolute atomic E-state index is 0.689. The fourth-order valence-electron chi connectivity index (χ4n) is 1.39. The molecule has 0 heteroatoms. The predicted molar refractivity (Wildman–Crippen MR) is 56.2 cm³/mol. The molecule has 0 aliphatic carbocycles. The highest BCUT2D eigenvalue weighted by atomic mass is 14.1. The Hall–Kier alpha value is -0.480. The SMILES string of the molecule is C=C=CC(CCCCC)C(C)C. The molecule has 0 saturated heterocycles. The van der Waals surface area contributed by atoms with Crippen molar-refractivity contribution >= 4 is 0 Å². The Labute approximate surface area is 77.4 Å². The van der Waals surface area contributed by atoms with Crippen LogP contribution in [0.15, 0.2) is 18.4 Å². The van der Waals surface area contributed by atoms with E-state index in [1.165, 1.54) is 25.7 Å². The standard InChI is InChI=1S/C12H22/c1-5-7-8-10-12(9-6-2)11(3)4/h9,11-12H,2,5,7-8,10H2,1,3-4H3. The van der Waals surface area contributed by atoms with E-state index in [1.54, 1.807) is 0 Å². The zero-order valence-corrected chi connectivity index (χ0v) is 8.77. The van der Waals surface area contributed by atoms with Crippen LogP contribution in [0.25, 0.3) is 0 Å². The summed E-state index contributed by atoms with van der Waals surface area (Å²) in [5.74, 6) is 1.42. The predicted octanol–water partition coefficient (Wildman–Crippen LogP) is 4.18. The Morgan fingerprint density at radius 2 is 2.00 bits per heavy atom. The lowest BCUT2D eigenvalue weighted by Crippen LogP contribution is -2.04. The maximum Gasteiger partial charge on any atom is -0.0135 e. The smallest absolute Gasteiger partial charge is 0.0135 e. The Kier molecular flexibility index (Phi) is 6.90. The van der Waals surface area contributed by atoms with Crippen molar-refractivity contribution in [2.75, 3.05) is 0 Å². The van der Waals surface area contributed by atoms with Gasteiger partial charge in [0.15, 0.2) is 0 Å². The number of unbranched alkanes of at least 4 members (excludes halogenated alkanes) is 2. The fourth-order valence-corrected chi connectivity index (χ4v) is 1.39. The van der Waals surface area contributed by atoms with Gasteiger partial charge >= 0.3 is 0 Å². The molecule has 70 valence electrons. The molecule has 0 aliphatic heterocycles. The summed E-state index contributed by atoms with van der Waals surface area (Å²) >= 11 is 0. The van der Waals surface area contributed by atoms with Gasteiger partial charge in [0.05, 0.1) is 0 Å². The highest BCUT2D eigenvalue weighted by Crippen LogP contribution is 2.19. The van der Waals surface area contributed by atoms with E-state index < -0.39 is 0 Å². The number of rotatable bonds is 6. The molecule has 0 amide bonds. The van der Waals surface area contributed by atoms with Crippen LogP contribution >= 0.6 is 0 Å². The highest BCUT2D eigenvalue weighted by molar-refractivity contribution is 4.86. The molecule has 0 heterocycles. The zero-order valence-electron chi connectivity index (χ0n) is 8.77. The fraction of sp³-hybridized carbons (Fsp3) is 0.750. The third-order valence-electron chi connectivity index (χ3n) is 2.33. The van der Waals surface area contributed by atoms with Gasteiger partial charge in [-0.1, -0.05) is 46.6 Å². The van der Waals surface area contributed by atoms with Crippen molar-refractivity contribution in [1.29, 1.82) is 0 Å². The van der Waals surface area contributed by atoms with Gasteiger partial charge in [-0.15, -0.1) is 5.73 Å². The van der Waals surface area contributed by atoms with Gasteiger partial charge < -0.3 is 0 Å². The molecule has 0 aromatic rings. The first-order valence-electron chi connectivity index (χ1n) is 5.08. The average Bonchev–Trinajstić information content (AvgIpc) is 2.03. The summed E-state index contributed by atoms with van der Waals surface area (Å²) in [5, 5.41) is 0. The molecule has 0 rings (SSSR count). The van der Waals surface area contributed by atoms with E-state index in [-0.39, 0.29) is 0 Å². The third kappa shape index (κ3) is 5.21. The molecule has 0 bridgehead atoms. The normalized spacial score (nSPS) is 12.7. The lowest BCUT2D eigenvalue weighted by atomic mass is 9.90. The molecule has 0 aliphatic rings. The quantitative estimate of drug-likeness (QED) is 0.410. The second-order valence-corrected chi connectivity index (χ2v) is 3.77. The summed E-state index contributed by atoms with van der Waals surface area (Å²) in [6.07, 6.45) is 7.43. The van der Waals surface area contributed by atoms with E-state index in [0.717, 1.165) is 5.92 Å². The Bertz CT molecular complexity index is 138. The van der Waals surface area contributed by atoms with Crippen LogP contribution in [0.1, 0.15) is 46.5 Å². The molecule has 0 aromatic carbocycles. The van der Waals surface area contributed by atoms with Gasteiger partial charge in [-0.25, -0.2) is 0 Å². The van der Waals surface area contributed by atoms with Gasteiger partial charge in [0.2, 0.25) is 0 Å². The summed E-state index contributed by atoms with van der Waals surface area (Å²) in [5.41, 5.74) is 2.90. The molecular weight excluding hydrogens is 144 g/mol. The zero-order chi connectivity index (χ0) is 9.40. The molecule has 1 atom stereocenters. The Morgan fingerprint density at radius 3 is 2.42 bits per heavy atom. The molecule has 0 nitrogen and oxygen atoms in total. The van der Waals surface area contributed by atoms with Gasteiger partial charge in [0.25, 0.3) is 0 Å². The molecule has 0 spiro atoms. The van der Waals surface area contributed by atoms with Crippen molar-refractivity contribution in [3.05, 3.63) is 18.4 Å². The maximum absolute atomic E-state index is 3.63. The van der Waals surface area contributed by atoms with Crippen molar-refractivity contribution in [2.45, 2.75) is 46.5 Å². The van der Waals surface area contributed by atoms with Crippen molar-refractivity contribution < 1.29 is 0 Å². The van der Waals surface area contributed by atoms with Crippen LogP contribution in [0.2, 0.25) is 0 Å². The van der Waals surface area contributed by atoms with Crippen molar-refractivity contribution in [2.24, 2.45) is 11.8 Å². The number of allylic oxidation sites excluding steroid dienone is 1. The van der Waals surface area contributed by atoms with E-state index in [2.05, 4.69) is 39.2 Å². The Morgan fingerprint density at radius 1 is 1.33 bits per heavy atom. The van der Waals surface area contributed by atoms with Gasteiger partial charge in [0.1, 0.15) is 0 Å². The van der Waals surface area contributed by atoms with Crippen LogP contribution in [0.5, 0.6) is 0 Å².